The minimum Gasteiger partial charge on any atom is -0.480 e. The van der Waals surface area contributed by atoms with E-state index in [1.807, 2.05) is 36.4 Å². The highest BCUT2D eigenvalue weighted by Gasteiger charge is 2.39. The summed E-state index contributed by atoms with van der Waals surface area (Å²) in [5.74, 6) is -1.16. The Bertz CT molecular complexity index is 1170. The molecular formula is C22H22ClN5O3S. The molecule has 1 saturated heterocycles. The minimum atomic E-state index is -0.984. The smallest absolute Gasteiger partial charge is 0.317 e. The number of aromatic nitrogens is 2. The second-order valence-electron chi connectivity index (χ2n) is 7.49. The van der Waals surface area contributed by atoms with Crippen LogP contribution in [0.2, 0.25) is 4.34 Å². The van der Waals surface area contributed by atoms with Crippen LogP contribution in [-0.2, 0) is 9.59 Å². The predicted molar refractivity (Wildman–Crippen MR) is 124 cm³/mol. The third-order valence-corrected chi connectivity index (χ3v) is 6.61. The quantitative estimate of drug-likeness (QED) is 0.519. The Kier molecular flexibility index (Phi) is 6.80. The van der Waals surface area contributed by atoms with E-state index < -0.39 is 18.2 Å². The average Bonchev–Trinajstić information content (AvgIpc) is 3.37. The Morgan fingerprint density at radius 3 is 3.00 bits per heavy atom. The van der Waals surface area contributed by atoms with Crippen molar-refractivity contribution >= 4 is 51.8 Å². The van der Waals surface area contributed by atoms with Crippen LogP contribution < -0.4 is 5.73 Å². The van der Waals surface area contributed by atoms with E-state index in [0.29, 0.717) is 23.8 Å². The first-order valence-electron chi connectivity index (χ1n) is 10.1. The summed E-state index contributed by atoms with van der Waals surface area (Å²) < 4.78 is 0.683. The molecule has 1 amide bonds. The normalized spacial score (nSPS) is 17.7. The lowest BCUT2D eigenvalue weighted by Gasteiger charge is -2.28. The van der Waals surface area contributed by atoms with Gasteiger partial charge in [-0.25, -0.2) is 9.97 Å². The number of hydrogen-bond acceptors (Lipinski definition) is 7. The number of benzene rings is 1. The van der Waals surface area contributed by atoms with E-state index in [2.05, 4.69) is 9.97 Å². The lowest BCUT2D eigenvalue weighted by Crippen LogP contribution is -2.46. The average molecular weight is 472 g/mol. The van der Waals surface area contributed by atoms with Crippen LogP contribution in [0.4, 0.5) is 0 Å². The Morgan fingerprint density at radius 1 is 1.41 bits per heavy atom. The summed E-state index contributed by atoms with van der Waals surface area (Å²) >= 11 is 7.38. The van der Waals surface area contributed by atoms with Gasteiger partial charge in [0.25, 0.3) is 0 Å². The molecule has 166 valence electrons. The summed E-state index contributed by atoms with van der Waals surface area (Å²) in [5.41, 5.74) is 7.95. The molecule has 3 heterocycles. The molecule has 1 fully saturated rings. The molecule has 2 atom stereocenters. The minimum absolute atomic E-state index is 0.172. The predicted octanol–water partition coefficient (Wildman–Crippen LogP) is 3.00. The molecule has 4 rings (SSSR count). The number of fused-ring (bicyclic) bond motifs is 1. The second-order valence-corrected chi connectivity index (χ2v) is 9.24. The van der Waals surface area contributed by atoms with Gasteiger partial charge in [-0.2, -0.15) is 0 Å². The maximum atomic E-state index is 13.2. The highest BCUT2D eigenvalue weighted by Crippen LogP contribution is 2.27. The number of hydrogen-bond donors (Lipinski definition) is 2. The zero-order chi connectivity index (χ0) is 22.7. The van der Waals surface area contributed by atoms with Gasteiger partial charge >= 0.3 is 5.97 Å². The van der Waals surface area contributed by atoms with Crippen LogP contribution in [0.1, 0.15) is 23.0 Å². The Morgan fingerprint density at radius 2 is 2.25 bits per heavy atom. The van der Waals surface area contributed by atoms with E-state index in [9.17, 15) is 14.7 Å². The number of amides is 1. The van der Waals surface area contributed by atoms with E-state index in [4.69, 9.17) is 17.3 Å². The van der Waals surface area contributed by atoms with E-state index in [-0.39, 0.29) is 12.5 Å². The molecule has 0 radical (unpaired) electrons. The van der Waals surface area contributed by atoms with Crippen LogP contribution >= 0.6 is 22.9 Å². The molecule has 0 saturated carbocycles. The summed E-state index contributed by atoms with van der Waals surface area (Å²) in [6.07, 6.45) is 6.79. The Hall–Kier alpha value is -2.85. The van der Waals surface area contributed by atoms with Crippen molar-refractivity contribution in [1.29, 1.82) is 0 Å². The van der Waals surface area contributed by atoms with Gasteiger partial charge in [-0.15, -0.1) is 11.3 Å². The maximum absolute atomic E-state index is 13.2. The number of likely N-dealkylation sites (tertiary alicyclic amines) is 1. The van der Waals surface area contributed by atoms with Crippen LogP contribution in [0.15, 0.2) is 48.9 Å². The van der Waals surface area contributed by atoms with Crippen molar-refractivity contribution in [3.8, 4) is 0 Å². The molecule has 1 aliphatic heterocycles. The van der Waals surface area contributed by atoms with Crippen molar-refractivity contribution < 1.29 is 14.7 Å². The van der Waals surface area contributed by atoms with E-state index >= 15 is 0 Å². The third kappa shape index (κ3) is 4.97. The number of aliphatic carboxylic acids is 1. The highest BCUT2D eigenvalue weighted by atomic mass is 35.5. The number of carbonyl (C=O) groups is 2. The molecule has 3 aromatic rings. The first-order valence-corrected chi connectivity index (χ1v) is 11.3. The molecule has 10 heteroatoms. The van der Waals surface area contributed by atoms with Gasteiger partial charge in [0.1, 0.15) is 12.5 Å². The summed E-state index contributed by atoms with van der Waals surface area (Å²) in [7, 11) is 0. The number of halogens is 1. The summed E-state index contributed by atoms with van der Waals surface area (Å²) in [6.45, 7) is 0.545. The highest BCUT2D eigenvalue weighted by molar-refractivity contribution is 7.16. The van der Waals surface area contributed by atoms with E-state index in [1.165, 1.54) is 17.7 Å². The van der Waals surface area contributed by atoms with E-state index in [0.717, 1.165) is 21.3 Å². The summed E-state index contributed by atoms with van der Waals surface area (Å²) in [6, 6.07) is 8.74. The number of carbonyl (C=O) groups excluding carboxylic acids is 1. The molecule has 1 unspecified atom stereocenters. The molecule has 1 aromatic carbocycles. The number of nitrogens with zero attached hydrogens (tertiary/aromatic N) is 4. The van der Waals surface area contributed by atoms with Gasteiger partial charge in [0.15, 0.2) is 0 Å². The van der Waals surface area contributed by atoms with Crippen molar-refractivity contribution in [1.82, 2.24) is 19.8 Å². The number of carboxylic acids is 1. The monoisotopic (exact) mass is 471 g/mol. The largest absolute Gasteiger partial charge is 0.480 e. The maximum Gasteiger partial charge on any atom is 0.317 e. The fourth-order valence-electron chi connectivity index (χ4n) is 3.85. The second kappa shape index (κ2) is 9.74. The molecular weight excluding hydrogens is 450 g/mol. The number of carboxylic acid groups (broad SMARTS) is 1. The number of nitrogens with two attached hydrogens (primary N) is 1. The van der Waals surface area contributed by atoms with Crippen LogP contribution in [0, 0.1) is 0 Å². The summed E-state index contributed by atoms with van der Waals surface area (Å²) in [4.78, 5) is 37.1. The Labute approximate surface area is 193 Å². The lowest BCUT2D eigenvalue weighted by atomic mass is 10.1. The van der Waals surface area contributed by atoms with Crippen molar-refractivity contribution in [3.63, 3.8) is 0 Å². The molecule has 3 N–H and O–H groups in total. The SMILES string of the molecule is NC(c1ccc2cncnc2c1)N1CC[C@H](N(CC=Cc2ccc(Cl)s2)CC(=O)O)C1=O. The van der Waals surface area contributed by atoms with Crippen molar-refractivity contribution in [2.75, 3.05) is 19.6 Å². The van der Waals surface area contributed by atoms with Crippen molar-refractivity contribution in [2.45, 2.75) is 18.6 Å². The van der Waals surface area contributed by atoms with E-state index in [1.54, 1.807) is 22.1 Å². The van der Waals surface area contributed by atoms with Crippen molar-refractivity contribution in [3.05, 3.63) is 63.7 Å². The molecule has 0 bridgehead atoms. The first kappa shape index (κ1) is 22.3. The van der Waals surface area contributed by atoms with Gasteiger partial charge in [0.2, 0.25) is 5.91 Å². The standard InChI is InChI=1S/C22H22ClN5O3S/c23-19-6-5-16(32-19)2-1-8-27(12-20(29)30)18-7-9-28(22(18)31)21(24)14-3-4-15-11-25-13-26-17(15)10-14/h1-6,10-11,13,18,21H,7-9,12,24H2,(H,29,30)/t18-,21?/m0/s1. The fraction of sp³-hybridized carbons (Fsp3) is 0.273. The Balaban J connectivity index is 1.48. The molecule has 2 aromatic heterocycles. The van der Waals surface area contributed by atoms with Gasteiger partial charge in [0, 0.05) is 29.5 Å². The lowest BCUT2D eigenvalue weighted by molar-refractivity contribution is -0.140. The fourth-order valence-corrected chi connectivity index (χ4v) is 4.85. The number of rotatable bonds is 8. The zero-order valence-corrected chi connectivity index (χ0v) is 18.7. The molecule has 8 nitrogen and oxygen atoms in total. The van der Waals surface area contributed by atoms with Crippen LogP contribution in [0.5, 0.6) is 0 Å². The first-order chi connectivity index (χ1) is 15.4. The van der Waals surface area contributed by atoms with Crippen LogP contribution in [0.3, 0.4) is 0 Å². The van der Waals surface area contributed by atoms with Crippen molar-refractivity contribution in [2.24, 2.45) is 5.73 Å². The summed E-state index contributed by atoms with van der Waals surface area (Å²) in [5, 5.41) is 10.3. The number of thiophene rings is 1. The topological polar surface area (TPSA) is 113 Å². The van der Waals surface area contributed by atoms with Gasteiger partial charge in [-0.05, 0) is 36.3 Å². The molecule has 1 aliphatic rings. The third-order valence-electron chi connectivity index (χ3n) is 5.42. The van der Waals surface area contributed by atoms with Gasteiger partial charge in [-0.1, -0.05) is 29.8 Å². The molecule has 32 heavy (non-hydrogen) atoms. The van der Waals surface area contributed by atoms with Gasteiger partial charge < -0.3 is 15.7 Å². The van der Waals surface area contributed by atoms with Crippen LogP contribution in [-0.4, -0.2) is 62.4 Å². The zero-order valence-electron chi connectivity index (χ0n) is 17.1. The van der Waals surface area contributed by atoms with Gasteiger partial charge in [-0.3, -0.25) is 14.5 Å². The van der Waals surface area contributed by atoms with Crippen LogP contribution in [0.25, 0.3) is 17.0 Å². The molecule has 0 aliphatic carbocycles. The molecule has 0 spiro atoms. The van der Waals surface area contributed by atoms with Gasteiger partial charge in [0.05, 0.1) is 22.4 Å².